The van der Waals surface area contributed by atoms with Gasteiger partial charge >= 0.3 is 0 Å². The lowest BCUT2D eigenvalue weighted by molar-refractivity contribution is 1.07. The van der Waals surface area contributed by atoms with Crippen molar-refractivity contribution >= 4 is 54.6 Å². The van der Waals surface area contributed by atoms with Crippen LogP contribution in [0.4, 0.5) is 0 Å². The van der Waals surface area contributed by atoms with Crippen molar-refractivity contribution in [2.75, 3.05) is 0 Å². The summed E-state index contributed by atoms with van der Waals surface area (Å²) in [6, 6.07) is 69.7. The van der Waals surface area contributed by atoms with Crippen LogP contribution >= 0.6 is 0 Å². The molecule has 0 aliphatic rings. The molecule has 0 atom stereocenters. The molecule has 53 heavy (non-hydrogen) atoms. The van der Waals surface area contributed by atoms with Crippen LogP contribution in [0.5, 0.6) is 0 Å². The van der Waals surface area contributed by atoms with Crippen molar-refractivity contribution in [3.05, 3.63) is 194 Å². The largest absolute Gasteiger partial charge is 0.309 e. The summed E-state index contributed by atoms with van der Waals surface area (Å²) in [5.74, 6) is 0.900. The van der Waals surface area contributed by atoms with Gasteiger partial charge in [0.25, 0.3) is 0 Å². The third-order valence-electron chi connectivity index (χ3n) is 10.6. The number of hydrogen-bond donors (Lipinski definition) is 0. The van der Waals surface area contributed by atoms with Gasteiger partial charge in [0.1, 0.15) is 5.82 Å². The fourth-order valence-electron chi connectivity index (χ4n) is 8.32. The number of nitrogens with zero attached hydrogens (tertiary/aromatic N) is 4. The number of benzene rings is 8. The average Bonchev–Trinajstić information content (AvgIpc) is 3.89. The van der Waals surface area contributed by atoms with E-state index in [1.807, 2.05) is 0 Å². The van der Waals surface area contributed by atoms with Gasteiger partial charge in [0.15, 0.2) is 0 Å². The van der Waals surface area contributed by atoms with E-state index in [4.69, 9.17) is 4.98 Å². The second kappa shape index (κ2) is 11.7. The molecule has 0 radical (unpaired) electrons. The van der Waals surface area contributed by atoms with E-state index in [1.165, 1.54) is 49.2 Å². The minimum absolute atomic E-state index is 0.900. The second-order valence-corrected chi connectivity index (χ2v) is 13.7. The lowest BCUT2D eigenvalue weighted by Gasteiger charge is -2.18. The maximum atomic E-state index is 5.33. The van der Waals surface area contributed by atoms with Crippen molar-refractivity contribution in [2.45, 2.75) is 0 Å². The molecule has 11 aromatic rings. The molecule has 11 rings (SSSR count). The molecule has 0 bridgehead atoms. The molecule has 0 unspecified atom stereocenters. The Morgan fingerprint density at radius 2 is 0.679 bits per heavy atom. The highest BCUT2D eigenvalue weighted by atomic mass is 15.1. The van der Waals surface area contributed by atoms with E-state index in [2.05, 4.69) is 208 Å². The molecule has 0 amide bonds. The first-order chi connectivity index (χ1) is 26.3. The smallest absolute Gasteiger partial charge is 0.145 e. The molecule has 248 valence electrons. The second-order valence-electron chi connectivity index (χ2n) is 13.7. The van der Waals surface area contributed by atoms with Crippen LogP contribution in [0, 0.1) is 0 Å². The third-order valence-corrected chi connectivity index (χ3v) is 10.6. The van der Waals surface area contributed by atoms with E-state index in [-0.39, 0.29) is 0 Å². The Labute approximate surface area is 306 Å². The number of imidazole rings is 1. The molecule has 0 saturated carbocycles. The first-order valence-corrected chi connectivity index (χ1v) is 18.1. The van der Waals surface area contributed by atoms with E-state index in [0.717, 1.165) is 45.0 Å². The van der Waals surface area contributed by atoms with Crippen molar-refractivity contribution in [1.82, 2.24) is 18.7 Å². The predicted octanol–water partition coefficient (Wildman–Crippen LogP) is 12.6. The molecule has 0 spiro atoms. The SMILES string of the molecule is c1ccc(-c2cccc(-c3nc4ccccc4n3-c3cc(-n4c5ccccc5c5ccccc54)cc(-n4c5ccccc5c5ccccc54)c3)c2)cc1. The van der Waals surface area contributed by atoms with Crippen molar-refractivity contribution < 1.29 is 0 Å². The topological polar surface area (TPSA) is 27.7 Å². The molecule has 4 nitrogen and oxygen atoms in total. The summed E-state index contributed by atoms with van der Waals surface area (Å²) in [5, 5.41) is 4.94. The fourth-order valence-corrected chi connectivity index (χ4v) is 8.32. The van der Waals surface area contributed by atoms with E-state index in [9.17, 15) is 0 Å². The van der Waals surface area contributed by atoms with Crippen LogP contribution in [0.2, 0.25) is 0 Å². The number of hydrogen-bond acceptors (Lipinski definition) is 1. The Hall–Kier alpha value is -7.17. The van der Waals surface area contributed by atoms with Gasteiger partial charge < -0.3 is 9.13 Å². The summed E-state index contributed by atoms with van der Waals surface area (Å²) in [7, 11) is 0. The minimum Gasteiger partial charge on any atom is -0.309 e. The van der Waals surface area contributed by atoms with E-state index in [0.29, 0.717) is 0 Å². The normalized spacial score (nSPS) is 11.8. The average molecular weight is 677 g/mol. The molecule has 0 N–H and O–H groups in total. The molecule has 0 aliphatic heterocycles. The van der Waals surface area contributed by atoms with Gasteiger partial charge in [-0.1, -0.05) is 133 Å². The Balaban J connectivity index is 1.25. The quantitative estimate of drug-likeness (QED) is 0.178. The molecule has 8 aromatic carbocycles. The highest BCUT2D eigenvalue weighted by Crippen LogP contribution is 2.38. The van der Waals surface area contributed by atoms with Crippen molar-refractivity contribution in [3.63, 3.8) is 0 Å². The third kappa shape index (κ3) is 4.59. The first-order valence-electron chi connectivity index (χ1n) is 18.1. The maximum Gasteiger partial charge on any atom is 0.145 e. The number of aromatic nitrogens is 4. The number of rotatable bonds is 5. The zero-order valence-electron chi connectivity index (χ0n) is 28.8. The summed E-state index contributed by atoms with van der Waals surface area (Å²) >= 11 is 0. The lowest BCUT2D eigenvalue weighted by Crippen LogP contribution is -2.04. The van der Waals surface area contributed by atoms with Crippen LogP contribution in [-0.4, -0.2) is 18.7 Å². The Morgan fingerprint density at radius 3 is 1.21 bits per heavy atom. The predicted molar refractivity (Wildman–Crippen MR) is 221 cm³/mol. The number of para-hydroxylation sites is 6. The Kier molecular flexibility index (Phi) is 6.52. The van der Waals surface area contributed by atoms with Crippen LogP contribution in [0.1, 0.15) is 0 Å². The van der Waals surface area contributed by atoms with Gasteiger partial charge in [-0.3, -0.25) is 4.57 Å². The van der Waals surface area contributed by atoms with Crippen molar-refractivity contribution in [2.24, 2.45) is 0 Å². The van der Waals surface area contributed by atoms with Gasteiger partial charge in [-0.25, -0.2) is 4.98 Å². The molecule has 4 heteroatoms. The first kappa shape index (κ1) is 29.5. The fraction of sp³-hybridized carbons (Fsp3) is 0. The Bertz CT molecular complexity index is 2940. The standard InChI is InChI=1S/C49H32N4/c1-2-15-33(16-3-1)34-17-14-18-35(29-34)49-50-43-23-8-13-28-48(43)53(49)38-31-36(51-44-24-9-4-19-39(44)40-20-5-10-25-45(40)51)30-37(32-38)52-46-26-11-6-21-41(46)42-22-7-12-27-47(42)52/h1-32H. The van der Waals surface area contributed by atoms with Crippen LogP contribution in [0.3, 0.4) is 0 Å². The van der Waals surface area contributed by atoms with Crippen LogP contribution in [0.25, 0.3) is 94.2 Å². The summed E-state index contributed by atoms with van der Waals surface area (Å²) < 4.78 is 7.18. The van der Waals surface area contributed by atoms with E-state index >= 15 is 0 Å². The van der Waals surface area contributed by atoms with Gasteiger partial charge in [0.2, 0.25) is 0 Å². The molecule has 0 fully saturated rings. The van der Waals surface area contributed by atoms with Gasteiger partial charge in [-0.15, -0.1) is 0 Å². The summed E-state index contributed by atoms with van der Waals surface area (Å²) in [5.41, 5.74) is 13.3. The molecular weight excluding hydrogens is 645 g/mol. The maximum absolute atomic E-state index is 5.33. The van der Waals surface area contributed by atoms with Crippen LogP contribution in [0.15, 0.2) is 194 Å². The lowest BCUT2D eigenvalue weighted by atomic mass is 10.0. The zero-order valence-corrected chi connectivity index (χ0v) is 28.8. The van der Waals surface area contributed by atoms with Crippen LogP contribution < -0.4 is 0 Å². The van der Waals surface area contributed by atoms with Gasteiger partial charge in [-0.2, -0.15) is 0 Å². The molecule has 0 aliphatic carbocycles. The van der Waals surface area contributed by atoms with E-state index in [1.54, 1.807) is 0 Å². The Morgan fingerprint density at radius 1 is 0.283 bits per heavy atom. The van der Waals surface area contributed by atoms with E-state index < -0.39 is 0 Å². The van der Waals surface area contributed by atoms with Crippen molar-refractivity contribution in [3.8, 4) is 39.6 Å². The molecular formula is C49H32N4. The van der Waals surface area contributed by atoms with Crippen LogP contribution in [-0.2, 0) is 0 Å². The molecule has 3 heterocycles. The minimum atomic E-state index is 0.900. The van der Waals surface area contributed by atoms with Crippen molar-refractivity contribution in [1.29, 1.82) is 0 Å². The highest BCUT2D eigenvalue weighted by Gasteiger charge is 2.20. The summed E-state index contributed by atoms with van der Waals surface area (Å²) in [4.78, 5) is 5.33. The zero-order chi connectivity index (χ0) is 34.9. The molecule has 3 aromatic heterocycles. The van der Waals surface area contributed by atoms with Gasteiger partial charge in [-0.05, 0) is 71.8 Å². The highest BCUT2D eigenvalue weighted by molar-refractivity contribution is 6.10. The summed E-state index contributed by atoms with van der Waals surface area (Å²) in [6.45, 7) is 0. The summed E-state index contributed by atoms with van der Waals surface area (Å²) in [6.07, 6.45) is 0. The number of fused-ring (bicyclic) bond motifs is 7. The molecule has 0 saturated heterocycles. The van der Waals surface area contributed by atoms with Gasteiger partial charge in [0, 0.05) is 27.1 Å². The van der Waals surface area contributed by atoms with Gasteiger partial charge in [0.05, 0.1) is 50.2 Å². The monoisotopic (exact) mass is 676 g/mol.